The molecule has 2 nitrogen and oxygen atoms in total. The molecule has 2 atom stereocenters. The van der Waals surface area contributed by atoms with Crippen LogP contribution >= 0.6 is 0 Å². The molecule has 0 saturated carbocycles. The van der Waals surface area contributed by atoms with Gasteiger partial charge in [0.15, 0.2) is 0 Å². The molecule has 0 aliphatic heterocycles. The van der Waals surface area contributed by atoms with Crippen molar-refractivity contribution in [1.82, 2.24) is 0 Å². The zero-order valence-electron chi connectivity index (χ0n) is 12.5. The van der Waals surface area contributed by atoms with Gasteiger partial charge in [-0.15, -0.1) is 0 Å². The van der Waals surface area contributed by atoms with E-state index >= 15 is 0 Å². The van der Waals surface area contributed by atoms with Crippen LogP contribution in [0.3, 0.4) is 0 Å². The Morgan fingerprint density at radius 2 is 1.80 bits per heavy atom. The zero-order chi connectivity index (χ0) is 14.5. The molecule has 2 heteroatoms. The summed E-state index contributed by atoms with van der Waals surface area (Å²) < 4.78 is 5.26. The van der Waals surface area contributed by atoms with E-state index in [2.05, 4.69) is 44.2 Å². The van der Waals surface area contributed by atoms with E-state index in [1.807, 2.05) is 18.2 Å². The largest absolute Gasteiger partial charge is 0.497 e. The van der Waals surface area contributed by atoms with Crippen LogP contribution in [0.4, 0.5) is 0 Å². The number of nitrogens with two attached hydrogens (primary N) is 1. The molecule has 2 aromatic rings. The third kappa shape index (κ3) is 3.02. The van der Waals surface area contributed by atoms with Crippen LogP contribution in [0.15, 0.2) is 48.5 Å². The first-order valence-electron chi connectivity index (χ1n) is 7.12. The van der Waals surface area contributed by atoms with Gasteiger partial charge in [0.1, 0.15) is 5.75 Å². The predicted molar refractivity (Wildman–Crippen MR) is 84.1 cm³/mol. The van der Waals surface area contributed by atoms with E-state index in [-0.39, 0.29) is 6.04 Å². The molecular weight excluding hydrogens is 246 g/mol. The van der Waals surface area contributed by atoms with Crippen LogP contribution in [-0.4, -0.2) is 7.11 Å². The molecule has 2 N–H and O–H groups in total. The van der Waals surface area contributed by atoms with E-state index < -0.39 is 0 Å². The highest BCUT2D eigenvalue weighted by Crippen LogP contribution is 2.34. The Balaban J connectivity index is 2.31. The number of rotatable bonds is 5. The topological polar surface area (TPSA) is 35.2 Å². The Labute approximate surface area is 121 Å². The fourth-order valence-corrected chi connectivity index (χ4v) is 2.76. The van der Waals surface area contributed by atoms with Crippen LogP contribution in [0.2, 0.25) is 0 Å². The Bertz CT molecular complexity index is 551. The molecular formula is C18H23NO. The summed E-state index contributed by atoms with van der Waals surface area (Å²) in [6.07, 6.45) is 1.02. The van der Waals surface area contributed by atoms with Gasteiger partial charge in [-0.3, -0.25) is 0 Å². The summed E-state index contributed by atoms with van der Waals surface area (Å²) in [5, 5.41) is 0. The van der Waals surface area contributed by atoms with Crippen LogP contribution in [0.5, 0.6) is 5.75 Å². The third-order valence-electron chi connectivity index (χ3n) is 3.94. The molecule has 0 aromatic heterocycles. The van der Waals surface area contributed by atoms with Crippen molar-refractivity contribution in [2.75, 3.05) is 7.11 Å². The van der Waals surface area contributed by atoms with E-state index in [1.165, 1.54) is 16.7 Å². The highest BCUT2D eigenvalue weighted by atomic mass is 16.5. The number of hydrogen-bond acceptors (Lipinski definition) is 2. The van der Waals surface area contributed by atoms with Gasteiger partial charge in [-0.2, -0.15) is 0 Å². The van der Waals surface area contributed by atoms with E-state index in [9.17, 15) is 0 Å². The summed E-state index contributed by atoms with van der Waals surface area (Å²) in [5.74, 6) is 1.22. The molecule has 0 heterocycles. The summed E-state index contributed by atoms with van der Waals surface area (Å²) in [7, 11) is 1.69. The Kier molecular flexibility index (Phi) is 4.80. The number of methoxy groups -OCH3 is 1. The van der Waals surface area contributed by atoms with Gasteiger partial charge in [-0.25, -0.2) is 0 Å². The van der Waals surface area contributed by atoms with Crippen molar-refractivity contribution in [2.24, 2.45) is 5.73 Å². The van der Waals surface area contributed by atoms with E-state index in [0.717, 1.165) is 12.2 Å². The minimum Gasteiger partial charge on any atom is -0.497 e. The van der Waals surface area contributed by atoms with Gasteiger partial charge in [0, 0.05) is 12.0 Å². The standard InChI is InChI=1S/C18H23NO/c1-4-16(14-8-6-5-7-9-14)18(19)17-11-10-15(20-3)12-13(17)2/h5-12,16,18H,4,19H2,1-3H3. The first kappa shape index (κ1) is 14.6. The number of benzene rings is 2. The maximum atomic E-state index is 6.53. The summed E-state index contributed by atoms with van der Waals surface area (Å²) >= 11 is 0. The lowest BCUT2D eigenvalue weighted by atomic mass is 9.84. The molecule has 0 fully saturated rings. The molecule has 2 aromatic carbocycles. The predicted octanol–water partition coefficient (Wildman–Crippen LogP) is 4.20. The molecule has 0 radical (unpaired) electrons. The van der Waals surface area contributed by atoms with Gasteiger partial charge in [-0.05, 0) is 42.2 Å². The van der Waals surface area contributed by atoms with E-state index in [1.54, 1.807) is 7.11 Å². The molecule has 0 bridgehead atoms. The van der Waals surface area contributed by atoms with Crippen LogP contribution < -0.4 is 10.5 Å². The number of ether oxygens (including phenoxy) is 1. The highest BCUT2D eigenvalue weighted by molar-refractivity contribution is 5.38. The molecule has 0 spiro atoms. The highest BCUT2D eigenvalue weighted by Gasteiger charge is 2.21. The van der Waals surface area contributed by atoms with Gasteiger partial charge in [0.05, 0.1) is 7.11 Å². The van der Waals surface area contributed by atoms with Gasteiger partial charge in [-0.1, -0.05) is 43.3 Å². The lowest BCUT2D eigenvalue weighted by Crippen LogP contribution is -2.20. The molecule has 0 aliphatic rings. The second-order valence-electron chi connectivity index (χ2n) is 5.17. The van der Waals surface area contributed by atoms with Gasteiger partial charge >= 0.3 is 0 Å². The molecule has 106 valence electrons. The van der Waals surface area contributed by atoms with Crippen molar-refractivity contribution in [3.05, 3.63) is 65.2 Å². The van der Waals surface area contributed by atoms with Crippen LogP contribution in [-0.2, 0) is 0 Å². The van der Waals surface area contributed by atoms with Crippen molar-refractivity contribution in [3.8, 4) is 5.75 Å². The van der Waals surface area contributed by atoms with E-state index in [4.69, 9.17) is 10.5 Å². The molecule has 20 heavy (non-hydrogen) atoms. The lowest BCUT2D eigenvalue weighted by Gasteiger charge is -2.25. The first-order chi connectivity index (χ1) is 9.67. The fourth-order valence-electron chi connectivity index (χ4n) is 2.76. The number of aryl methyl sites for hydroxylation is 1. The molecule has 0 saturated heterocycles. The third-order valence-corrected chi connectivity index (χ3v) is 3.94. The monoisotopic (exact) mass is 269 g/mol. The quantitative estimate of drug-likeness (QED) is 0.883. The molecule has 0 amide bonds. The minimum absolute atomic E-state index is 0.00769. The van der Waals surface area contributed by atoms with Crippen molar-refractivity contribution in [1.29, 1.82) is 0 Å². The maximum absolute atomic E-state index is 6.53. The summed E-state index contributed by atoms with van der Waals surface area (Å²) in [6.45, 7) is 4.28. The molecule has 0 aliphatic carbocycles. The van der Waals surface area contributed by atoms with Gasteiger partial charge in [0.25, 0.3) is 0 Å². The average molecular weight is 269 g/mol. The summed E-state index contributed by atoms with van der Waals surface area (Å²) in [4.78, 5) is 0. The fraction of sp³-hybridized carbons (Fsp3) is 0.333. The van der Waals surface area contributed by atoms with Crippen molar-refractivity contribution in [3.63, 3.8) is 0 Å². The molecule has 2 rings (SSSR count). The molecule has 2 unspecified atom stereocenters. The van der Waals surface area contributed by atoms with Crippen LogP contribution in [0.25, 0.3) is 0 Å². The smallest absolute Gasteiger partial charge is 0.119 e. The van der Waals surface area contributed by atoms with Crippen LogP contribution in [0, 0.1) is 6.92 Å². The SMILES string of the molecule is CCC(c1ccccc1)C(N)c1ccc(OC)cc1C. The summed E-state index contributed by atoms with van der Waals surface area (Å²) in [5.41, 5.74) is 10.2. The van der Waals surface area contributed by atoms with Crippen molar-refractivity contribution >= 4 is 0 Å². The normalized spacial score (nSPS) is 13.8. The van der Waals surface area contributed by atoms with Gasteiger partial charge < -0.3 is 10.5 Å². The first-order valence-corrected chi connectivity index (χ1v) is 7.12. The Morgan fingerprint density at radius 3 is 2.35 bits per heavy atom. The maximum Gasteiger partial charge on any atom is 0.119 e. The Hall–Kier alpha value is -1.80. The average Bonchev–Trinajstić information content (AvgIpc) is 2.48. The second-order valence-corrected chi connectivity index (χ2v) is 5.17. The minimum atomic E-state index is 0.00769. The summed E-state index contributed by atoms with van der Waals surface area (Å²) in [6, 6.07) is 16.6. The zero-order valence-corrected chi connectivity index (χ0v) is 12.5. The van der Waals surface area contributed by atoms with Gasteiger partial charge in [0.2, 0.25) is 0 Å². The van der Waals surface area contributed by atoms with Crippen molar-refractivity contribution in [2.45, 2.75) is 32.2 Å². The number of hydrogen-bond donors (Lipinski definition) is 1. The second kappa shape index (κ2) is 6.58. The lowest BCUT2D eigenvalue weighted by molar-refractivity contribution is 0.414. The van der Waals surface area contributed by atoms with Crippen LogP contribution in [0.1, 0.15) is 42.0 Å². The Morgan fingerprint density at radius 1 is 1.10 bits per heavy atom. The van der Waals surface area contributed by atoms with Crippen molar-refractivity contribution < 1.29 is 4.74 Å². The van der Waals surface area contributed by atoms with E-state index in [0.29, 0.717) is 5.92 Å².